The van der Waals surface area contributed by atoms with Crippen LogP contribution in [0.2, 0.25) is 0 Å². The van der Waals surface area contributed by atoms with Crippen LogP contribution < -0.4 is 4.74 Å². The van der Waals surface area contributed by atoms with Gasteiger partial charge < -0.3 is 18.9 Å². The molecule has 150 valence electrons. The Morgan fingerprint density at radius 2 is 1.93 bits per heavy atom. The van der Waals surface area contributed by atoms with E-state index in [2.05, 4.69) is 0 Å². The average molecular weight is 378 g/mol. The van der Waals surface area contributed by atoms with Crippen molar-refractivity contribution in [3.63, 3.8) is 0 Å². The molecule has 1 unspecified atom stereocenters. The van der Waals surface area contributed by atoms with E-state index in [1.54, 1.807) is 0 Å². The molecule has 0 aliphatic carbocycles. The third-order valence-corrected chi connectivity index (χ3v) is 4.24. The summed E-state index contributed by atoms with van der Waals surface area (Å²) in [5, 5.41) is 0. The van der Waals surface area contributed by atoms with Gasteiger partial charge in [0.2, 0.25) is 0 Å². The first-order valence-corrected chi connectivity index (χ1v) is 9.74. The standard InChI is InChI=1S/C21H30O6/c1-17(22)16-20(23)25-13-7-6-12-24-19-9-3-2-8-18(19)11-15-27-21-10-4-5-14-26-21/h2-3,8-9,21H,4-7,10-16H2,1H3. The fourth-order valence-electron chi connectivity index (χ4n) is 2.82. The number of rotatable bonds is 12. The molecular formula is C21H30O6. The van der Waals surface area contributed by atoms with E-state index >= 15 is 0 Å². The van der Waals surface area contributed by atoms with E-state index in [1.165, 1.54) is 6.92 Å². The number of para-hydroxylation sites is 1. The molecule has 1 saturated heterocycles. The number of ketones is 1. The highest BCUT2D eigenvalue weighted by Crippen LogP contribution is 2.20. The molecule has 1 heterocycles. The van der Waals surface area contributed by atoms with Gasteiger partial charge in [-0.05, 0) is 57.1 Å². The Hall–Kier alpha value is -1.92. The van der Waals surface area contributed by atoms with Crippen LogP contribution in [0.15, 0.2) is 24.3 Å². The van der Waals surface area contributed by atoms with Gasteiger partial charge in [0.15, 0.2) is 6.29 Å². The summed E-state index contributed by atoms with van der Waals surface area (Å²) in [7, 11) is 0. The van der Waals surface area contributed by atoms with Crippen molar-refractivity contribution < 1.29 is 28.5 Å². The fourth-order valence-corrected chi connectivity index (χ4v) is 2.82. The number of esters is 1. The molecule has 0 saturated carbocycles. The topological polar surface area (TPSA) is 71.1 Å². The summed E-state index contributed by atoms with van der Waals surface area (Å²) in [6, 6.07) is 7.95. The minimum atomic E-state index is -0.462. The normalized spacial score (nSPS) is 16.7. The highest BCUT2D eigenvalue weighted by atomic mass is 16.7. The third kappa shape index (κ3) is 9.02. The molecule has 0 radical (unpaired) electrons. The first-order valence-electron chi connectivity index (χ1n) is 9.74. The van der Waals surface area contributed by atoms with Crippen molar-refractivity contribution >= 4 is 11.8 Å². The van der Waals surface area contributed by atoms with Crippen molar-refractivity contribution in [3.05, 3.63) is 29.8 Å². The Bertz CT molecular complexity index is 580. The lowest BCUT2D eigenvalue weighted by atomic mass is 10.1. The highest BCUT2D eigenvalue weighted by molar-refractivity contribution is 5.94. The van der Waals surface area contributed by atoms with Crippen LogP contribution >= 0.6 is 0 Å². The molecule has 1 aliphatic rings. The number of carbonyl (C=O) groups is 2. The van der Waals surface area contributed by atoms with Crippen LogP contribution in [0.1, 0.15) is 51.0 Å². The summed E-state index contributed by atoms with van der Waals surface area (Å²) in [6.07, 6.45) is 5.27. The van der Waals surface area contributed by atoms with E-state index in [1.807, 2.05) is 24.3 Å². The first kappa shape index (κ1) is 21.4. The van der Waals surface area contributed by atoms with Crippen molar-refractivity contribution in [2.75, 3.05) is 26.4 Å². The molecule has 1 aliphatic heterocycles. The van der Waals surface area contributed by atoms with Gasteiger partial charge in [-0.15, -0.1) is 0 Å². The second kappa shape index (κ2) is 12.5. The molecule has 1 fully saturated rings. The molecule has 6 nitrogen and oxygen atoms in total. The number of carbonyl (C=O) groups excluding carboxylic acids is 2. The lowest BCUT2D eigenvalue weighted by Gasteiger charge is -2.22. The monoisotopic (exact) mass is 378 g/mol. The van der Waals surface area contributed by atoms with Gasteiger partial charge in [0.1, 0.15) is 18.0 Å². The summed E-state index contributed by atoms with van der Waals surface area (Å²) >= 11 is 0. The molecule has 1 aromatic rings. The van der Waals surface area contributed by atoms with Crippen molar-refractivity contribution in [2.45, 2.75) is 58.2 Å². The van der Waals surface area contributed by atoms with Gasteiger partial charge in [0.25, 0.3) is 0 Å². The molecule has 0 bridgehead atoms. The lowest BCUT2D eigenvalue weighted by Crippen LogP contribution is -2.23. The molecule has 27 heavy (non-hydrogen) atoms. The maximum atomic E-state index is 11.3. The zero-order valence-electron chi connectivity index (χ0n) is 16.1. The molecular weight excluding hydrogens is 348 g/mol. The van der Waals surface area contributed by atoms with Gasteiger partial charge in [-0.2, -0.15) is 0 Å². The fraction of sp³-hybridized carbons (Fsp3) is 0.619. The molecule has 0 aromatic heterocycles. The minimum Gasteiger partial charge on any atom is -0.493 e. The summed E-state index contributed by atoms with van der Waals surface area (Å²) < 4.78 is 22.2. The molecule has 1 aromatic carbocycles. The van der Waals surface area contributed by atoms with Crippen LogP contribution in [0, 0.1) is 0 Å². The van der Waals surface area contributed by atoms with Crippen molar-refractivity contribution in [2.24, 2.45) is 0 Å². The van der Waals surface area contributed by atoms with Crippen molar-refractivity contribution in [3.8, 4) is 5.75 Å². The smallest absolute Gasteiger partial charge is 0.313 e. The summed E-state index contributed by atoms with van der Waals surface area (Å²) in [5.74, 6) is 0.217. The van der Waals surface area contributed by atoms with Gasteiger partial charge in [0.05, 0.1) is 19.8 Å². The molecule has 0 N–H and O–H groups in total. The van der Waals surface area contributed by atoms with Gasteiger partial charge in [-0.25, -0.2) is 0 Å². The Kier molecular flexibility index (Phi) is 9.87. The average Bonchev–Trinajstić information content (AvgIpc) is 2.66. The molecule has 2 rings (SSSR count). The lowest BCUT2D eigenvalue weighted by molar-refractivity contribution is -0.161. The number of Topliss-reactive ketones (excluding diaryl/α,β-unsaturated/α-hetero) is 1. The number of benzene rings is 1. The Labute approximate surface area is 161 Å². The predicted molar refractivity (Wildman–Crippen MR) is 101 cm³/mol. The van der Waals surface area contributed by atoms with Crippen LogP contribution in [0.3, 0.4) is 0 Å². The number of unbranched alkanes of at least 4 members (excludes halogenated alkanes) is 1. The summed E-state index contributed by atoms with van der Waals surface area (Å²) in [4.78, 5) is 22.1. The minimum absolute atomic E-state index is 0.0717. The molecule has 0 amide bonds. The van der Waals surface area contributed by atoms with Gasteiger partial charge in [-0.3, -0.25) is 9.59 Å². The van der Waals surface area contributed by atoms with Crippen LogP contribution in [-0.4, -0.2) is 44.5 Å². The summed E-state index contributed by atoms with van der Waals surface area (Å²) in [5.41, 5.74) is 1.11. The zero-order chi connectivity index (χ0) is 19.3. The third-order valence-electron chi connectivity index (χ3n) is 4.24. The van der Waals surface area contributed by atoms with Gasteiger partial charge in [-0.1, -0.05) is 18.2 Å². The van der Waals surface area contributed by atoms with E-state index in [9.17, 15) is 9.59 Å². The zero-order valence-corrected chi connectivity index (χ0v) is 16.1. The maximum absolute atomic E-state index is 11.3. The largest absolute Gasteiger partial charge is 0.493 e. The second-order valence-electron chi connectivity index (χ2n) is 6.68. The maximum Gasteiger partial charge on any atom is 0.313 e. The quantitative estimate of drug-likeness (QED) is 0.315. The van der Waals surface area contributed by atoms with Crippen molar-refractivity contribution in [1.82, 2.24) is 0 Å². The Balaban J connectivity index is 1.61. The highest BCUT2D eigenvalue weighted by Gasteiger charge is 2.14. The SMILES string of the molecule is CC(=O)CC(=O)OCCCCOc1ccccc1CCOC1CCCCO1. The Morgan fingerprint density at radius 3 is 2.70 bits per heavy atom. The van der Waals surface area contributed by atoms with Crippen molar-refractivity contribution in [1.29, 1.82) is 0 Å². The van der Waals surface area contributed by atoms with E-state index in [4.69, 9.17) is 18.9 Å². The number of ether oxygens (including phenoxy) is 4. The van der Waals surface area contributed by atoms with Crippen LogP contribution in [-0.2, 0) is 30.2 Å². The van der Waals surface area contributed by atoms with E-state index in [0.29, 0.717) is 26.2 Å². The Morgan fingerprint density at radius 1 is 1.11 bits per heavy atom. The van der Waals surface area contributed by atoms with E-state index < -0.39 is 5.97 Å². The van der Waals surface area contributed by atoms with Gasteiger partial charge in [0, 0.05) is 6.61 Å². The predicted octanol–water partition coefficient (Wildman–Crippen LogP) is 3.45. The molecule has 1 atom stereocenters. The van der Waals surface area contributed by atoms with E-state index in [-0.39, 0.29) is 18.5 Å². The first-order chi connectivity index (χ1) is 13.1. The van der Waals surface area contributed by atoms with Crippen LogP contribution in [0.25, 0.3) is 0 Å². The second-order valence-corrected chi connectivity index (χ2v) is 6.68. The summed E-state index contributed by atoms with van der Waals surface area (Å²) in [6.45, 7) is 3.63. The number of hydrogen-bond acceptors (Lipinski definition) is 6. The van der Waals surface area contributed by atoms with Crippen LogP contribution in [0.4, 0.5) is 0 Å². The molecule has 0 spiro atoms. The number of hydrogen-bond donors (Lipinski definition) is 0. The van der Waals surface area contributed by atoms with Crippen LogP contribution in [0.5, 0.6) is 5.75 Å². The van der Waals surface area contributed by atoms with Gasteiger partial charge >= 0.3 is 5.97 Å². The molecule has 6 heteroatoms. The van der Waals surface area contributed by atoms with E-state index in [0.717, 1.165) is 50.0 Å².